The number of Topliss-reactive ketones (excluding diaryl/α,β-unsaturated/α-hetero) is 1. The molecule has 0 aromatic heterocycles. The van der Waals surface area contributed by atoms with E-state index in [2.05, 4.69) is 54.7 Å². The molecule has 1 spiro atoms. The summed E-state index contributed by atoms with van der Waals surface area (Å²) in [6, 6.07) is 8.55. The first-order valence-corrected chi connectivity index (χ1v) is 9.04. The fourth-order valence-electron chi connectivity index (χ4n) is 5.55. The lowest BCUT2D eigenvalue weighted by Crippen LogP contribution is -2.59. The van der Waals surface area contributed by atoms with Gasteiger partial charge in [0.1, 0.15) is 5.78 Å². The first-order chi connectivity index (χ1) is 11.6. The van der Waals surface area contributed by atoms with E-state index in [9.17, 15) is 4.79 Å². The molecule has 4 heteroatoms. The minimum atomic E-state index is -0.390. The van der Waals surface area contributed by atoms with E-state index in [4.69, 9.17) is 4.74 Å². The van der Waals surface area contributed by atoms with Crippen molar-refractivity contribution in [2.75, 3.05) is 25.5 Å². The number of fused-ring (bicyclic) bond motifs is 3. The topological polar surface area (TPSA) is 41.6 Å². The van der Waals surface area contributed by atoms with Crippen LogP contribution in [0.3, 0.4) is 0 Å². The molecule has 1 aromatic carbocycles. The van der Waals surface area contributed by atoms with Crippen molar-refractivity contribution in [2.24, 2.45) is 11.8 Å². The molecule has 3 heterocycles. The van der Waals surface area contributed by atoms with Crippen LogP contribution in [0.5, 0.6) is 0 Å². The van der Waals surface area contributed by atoms with Crippen molar-refractivity contribution in [3.05, 3.63) is 41.6 Å². The molecule has 1 aromatic rings. The van der Waals surface area contributed by atoms with Crippen LogP contribution in [0.4, 0.5) is 5.69 Å². The maximum absolute atomic E-state index is 13.5. The first-order valence-electron chi connectivity index (χ1n) is 9.04. The van der Waals surface area contributed by atoms with Gasteiger partial charge in [0.25, 0.3) is 0 Å². The van der Waals surface area contributed by atoms with Crippen molar-refractivity contribution < 1.29 is 9.53 Å². The summed E-state index contributed by atoms with van der Waals surface area (Å²) in [5, 5.41) is 3.72. The third-order valence-corrected chi connectivity index (χ3v) is 6.76. The van der Waals surface area contributed by atoms with E-state index in [1.54, 1.807) is 0 Å². The normalized spacial score (nSPS) is 42.2. The minimum absolute atomic E-state index is 0.107. The lowest BCUT2D eigenvalue weighted by atomic mass is 9.57. The number of carbonyl (C=O) groups is 1. The fourth-order valence-corrected chi connectivity index (χ4v) is 5.55. The van der Waals surface area contributed by atoms with Crippen molar-refractivity contribution in [3.8, 4) is 0 Å². The number of nitrogens with zero attached hydrogens (tertiary/aromatic N) is 1. The number of nitrogens with one attached hydrogen (secondary N) is 1. The Labute approximate surface area is 142 Å². The van der Waals surface area contributed by atoms with Crippen molar-refractivity contribution >= 4 is 11.5 Å². The SMILES string of the molecule is C[C@H]1OC[C@@H]2[C@H]3CC(=O)[C@@]4(CCN(C)/C=C/13)c1ccccc1N[C@@H]24. The Hall–Kier alpha value is -1.81. The van der Waals surface area contributed by atoms with Gasteiger partial charge in [-0.15, -0.1) is 0 Å². The number of rotatable bonds is 0. The molecule has 2 bridgehead atoms. The number of ether oxygens (including phenoxy) is 1. The summed E-state index contributed by atoms with van der Waals surface area (Å²) in [6.07, 6.45) is 3.89. The molecule has 0 amide bonds. The van der Waals surface area contributed by atoms with Crippen LogP contribution in [-0.2, 0) is 14.9 Å². The van der Waals surface area contributed by atoms with E-state index < -0.39 is 0 Å². The molecule has 2 fully saturated rings. The molecule has 4 nitrogen and oxygen atoms in total. The lowest BCUT2D eigenvalue weighted by Gasteiger charge is -2.49. The monoisotopic (exact) mass is 324 g/mol. The summed E-state index contributed by atoms with van der Waals surface area (Å²) in [5.74, 6) is 1.09. The molecule has 0 unspecified atom stereocenters. The van der Waals surface area contributed by atoms with Crippen molar-refractivity contribution in [1.29, 1.82) is 0 Å². The Morgan fingerprint density at radius 2 is 2.17 bits per heavy atom. The highest BCUT2D eigenvalue weighted by Gasteiger charge is 2.61. The average molecular weight is 324 g/mol. The van der Waals surface area contributed by atoms with Crippen molar-refractivity contribution in [1.82, 2.24) is 4.90 Å². The van der Waals surface area contributed by atoms with Crippen molar-refractivity contribution in [3.63, 3.8) is 0 Å². The van der Waals surface area contributed by atoms with Crippen LogP contribution in [0.25, 0.3) is 0 Å². The Morgan fingerprint density at radius 1 is 1.33 bits per heavy atom. The fraction of sp³-hybridized carbons (Fsp3) is 0.550. The second-order valence-corrected chi connectivity index (χ2v) is 7.87. The van der Waals surface area contributed by atoms with Gasteiger partial charge in [-0.2, -0.15) is 0 Å². The summed E-state index contributed by atoms with van der Waals surface area (Å²) in [4.78, 5) is 15.7. The molecule has 1 saturated carbocycles. The van der Waals surface area contributed by atoms with Crippen LogP contribution in [0, 0.1) is 11.8 Å². The van der Waals surface area contributed by atoms with Gasteiger partial charge in [-0.25, -0.2) is 0 Å². The van der Waals surface area contributed by atoms with Crippen LogP contribution in [-0.4, -0.2) is 43.0 Å². The molecule has 126 valence electrons. The van der Waals surface area contributed by atoms with Gasteiger partial charge in [-0.3, -0.25) is 4.79 Å². The third kappa shape index (κ3) is 1.70. The van der Waals surface area contributed by atoms with Crippen molar-refractivity contribution in [2.45, 2.75) is 37.3 Å². The molecule has 24 heavy (non-hydrogen) atoms. The Morgan fingerprint density at radius 3 is 3.04 bits per heavy atom. The number of carbonyl (C=O) groups excluding carboxylic acids is 1. The number of para-hydroxylation sites is 1. The average Bonchev–Trinajstić information content (AvgIpc) is 2.94. The first kappa shape index (κ1) is 14.5. The van der Waals surface area contributed by atoms with Gasteiger partial charge in [-0.05, 0) is 36.5 Å². The quantitative estimate of drug-likeness (QED) is 0.796. The molecule has 1 aliphatic carbocycles. The predicted octanol–water partition coefficient (Wildman–Crippen LogP) is 2.56. The Kier molecular flexibility index (Phi) is 2.94. The molecule has 4 aliphatic rings. The predicted molar refractivity (Wildman–Crippen MR) is 92.9 cm³/mol. The molecule has 5 rings (SSSR count). The number of ketones is 1. The molecule has 3 aliphatic heterocycles. The number of hydrogen-bond donors (Lipinski definition) is 1. The van der Waals surface area contributed by atoms with E-state index in [1.165, 1.54) is 11.1 Å². The Bertz CT molecular complexity index is 743. The summed E-state index contributed by atoms with van der Waals surface area (Å²) in [6.45, 7) is 3.76. The Balaban J connectivity index is 1.72. The van der Waals surface area contributed by atoms with E-state index in [0.29, 0.717) is 24.0 Å². The number of hydrogen-bond acceptors (Lipinski definition) is 4. The zero-order valence-corrected chi connectivity index (χ0v) is 14.3. The molecular formula is C20H24N2O2. The van der Waals surface area contributed by atoms with E-state index >= 15 is 0 Å². The van der Waals surface area contributed by atoms with Crippen LogP contribution in [0.15, 0.2) is 36.0 Å². The summed E-state index contributed by atoms with van der Waals surface area (Å²) < 4.78 is 6.13. The highest BCUT2D eigenvalue weighted by molar-refractivity contribution is 5.97. The summed E-state index contributed by atoms with van der Waals surface area (Å²) in [5.41, 5.74) is 3.26. The molecule has 1 saturated heterocycles. The number of benzene rings is 1. The molecular weight excluding hydrogens is 300 g/mol. The highest BCUT2D eigenvalue weighted by atomic mass is 16.5. The molecule has 1 N–H and O–H groups in total. The van der Waals surface area contributed by atoms with E-state index in [0.717, 1.165) is 25.3 Å². The summed E-state index contributed by atoms with van der Waals surface area (Å²) >= 11 is 0. The molecule has 5 atom stereocenters. The zero-order chi connectivity index (χ0) is 16.5. The van der Waals surface area contributed by atoms with Gasteiger partial charge in [0.15, 0.2) is 0 Å². The van der Waals surface area contributed by atoms with Gasteiger partial charge in [0.2, 0.25) is 0 Å². The largest absolute Gasteiger partial charge is 0.380 e. The number of anilines is 1. The minimum Gasteiger partial charge on any atom is -0.380 e. The maximum atomic E-state index is 13.5. The van der Waals surface area contributed by atoms with E-state index in [1.807, 2.05) is 0 Å². The van der Waals surface area contributed by atoms with Gasteiger partial charge >= 0.3 is 0 Å². The van der Waals surface area contributed by atoms with Crippen LogP contribution < -0.4 is 5.32 Å². The van der Waals surface area contributed by atoms with E-state index in [-0.39, 0.29) is 17.6 Å². The molecule has 0 radical (unpaired) electrons. The maximum Gasteiger partial charge on any atom is 0.146 e. The second kappa shape index (κ2) is 4.85. The van der Waals surface area contributed by atoms with Gasteiger partial charge < -0.3 is 15.0 Å². The standard InChI is InChI=1S/C20H24N2O2/c1-12-14-10-22(2)8-7-20-16-5-3-4-6-17(16)21-19(20)15(11-24-12)13(14)9-18(20)23/h3-6,10,12-13,15,19,21H,7-9,11H2,1-2H3/b14-10-/t12-,13+,15-,19+,20-/m1/s1. The van der Waals surface area contributed by atoms with Crippen LogP contribution in [0.1, 0.15) is 25.3 Å². The highest BCUT2D eigenvalue weighted by Crippen LogP contribution is 2.55. The second-order valence-electron chi connectivity index (χ2n) is 7.87. The smallest absolute Gasteiger partial charge is 0.146 e. The summed E-state index contributed by atoms with van der Waals surface area (Å²) in [7, 11) is 2.12. The third-order valence-electron chi connectivity index (χ3n) is 6.76. The van der Waals surface area contributed by atoms with Gasteiger partial charge in [-0.1, -0.05) is 18.2 Å². The van der Waals surface area contributed by atoms with Crippen LogP contribution in [0.2, 0.25) is 0 Å². The lowest BCUT2D eigenvalue weighted by molar-refractivity contribution is -0.133. The van der Waals surface area contributed by atoms with Gasteiger partial charge in [0, 0.05) is 43.9 Å². The zero-order valence-electron chi connectivity index (χ0n) is 14.3. The van der Waals surface area contributed by atoms with Gasteiger partial charge in [0.05, 0.1) is 18.1 Å². The van der Waals surface area contributed by atoms with Crippen LogP contribution >= 0.6 is 0 Å².